The molecule has 0 aliphatic carbocycles. The Bertz CT molecular complexity index is 1290. The maximum absolute atomic E-state index is 13.4. The zero-order valence-corrected chi connectivity index (χ0v) is 21.5. The highest BCUT2D eigenvalue weighted by Crippen LogP contribution is 2.30. The first-order valence-electron chi connectivity index (χ1n) is 12.2. The molecule has 0 spiro atoms. The Labute approximate surface area is 215 Å². The van der Waals surface area contributed by atoms with E-state index in [1.54, 1.807) is 4.90 Å². The maximum Gasteiger partial charge on any atom is 0.416 e. The van der Waals surface area contributed by atoms with Crippen molar-refractivity contribution in [2.75, 3.05) is 37.2 Å². The molecular weight excluding hydrogens is 505 g/mol. The van der Waals surface area contributed by atoms with Gasteiger partial charge in [-0.3, -0.25) is 0 Å². The summed E-state index contributed by atoms with van der Waals surface area (Å²) in [5, 5.41) is 3.89. The van der Waals surface area contributed by atoms with E-state index >= 15 is 0 Å². The summed E-state index contributed by atoms with van der Waals surface area (Å²) in [4.78, 5) is 17.2. The monoisotopic (exact) mass is 536 g/mol. The number of alkyl halides is 3. The minimum Gasteiger partial charge on any atom is -0.350 e. The molecule has 1 aliphatic rings. The second kappa shape index (κ2) is 11.6. The summed E-state index contributed by atoms with van der Waals surface area (Å²) in [5.41, 5.74) is 1.74. The Morgan fingerprint density at radius 1 is 1.08 bits per heavy atom. The van der Waals surface area contributed by atoms with E-state index in [1.807, 2.05) is 25.2 Å². The summed E-state index contributed by atoms with van der Waals surface area (Å²) in [6, 6.07) is 12.1. The van der Waals surface area contributed by atoms with Crippen LogP contribution in [0.3, 0.4) is 0 Å². The number of nitrogens with one attached hydrogen (secondary N) is 1. The van der Waals surface area contributed by atoms with Crippen molar-refractivity contribution in [3.8, 4) is 0 Å². The third-order valence-corrected chi connectivity index (χ3v) is 7.49. The predicted molar refractivity (Wildman–Crippen MR) is 138 cm³/mol. The quantitative estimate of drug-likeness (QED) is 0.420. The summed E-state index contributed by atoms with van der Waals surface area (Å²) < 4.78 is 62.7. The Kier molecular flexibility index (Phi) is 8.43. The van der Waals surface area contributed by atoms with E-state index in [9.17, 15) is 26.4 Å². The third kappa shape index (κ3) is 6.84. The maximum atomic E-state index is 13.4. The number of halogens is 3. The number of thiol groups is 1. The van der Waals surface area contributed by atoms with Crippen molar-refractivity contribution in [1.82, 2.24) is 14.4 Å². The Morgan fingerprint density at radius 2 is 1.76 bits per heavy atom. The Morgan fingerprint density at radius 3 is 2.41 bits per heavy atom. The minimum atomic E-state index is -4.44. The van der Waals surface area contributed by atoms with Gasteiger partial charge in [0.15, 0.2) is 0 Å². The number of anilines is 1. The van der Waals surface area contributed by atoms with E-state index in [0.717, 1.165) is 28.6 Å². The molecule has 2 heterocycles. The smallest absolute Gasteiger partial charge is 0.350 e. The molecule has 1 fully saturated rings. The lowest BCUT2D eigenvalue weighted by Gasteiger charge is -2.38. The minimum absolute atomic E-state index is 0.0679. The molecule has 0 saturated carbocycles. The van der Waals surface area contributed by atoms with Gasteiger partial charge >= 0.3 is 12.2 Å². The van der Waals surface area contributed by atoms with Crippen LogP contribution >= 0.6 is 0 Å². The first kappa shape index (κ1) is 27.0. The number of piperidine rings is 1. The van der Waals surface area contributed by atoms with Gasteiger partial charge in [0, 0.05) is 62.1 Å². The molecule has 4 rings (SSSR count). The van der Waals surface area contributed by atoms with E-state index in [-0.39, 0.29) is 17.8 Å². The topological polar surface area (TPSA) is 74.7 Å². The number of amides is 2. The zero-order chi connectivity index (χ0) is 26.6. The highest BCUT2D eigenvalue weighted by Gasteiger charge is 2.31. The average Bonchev–Trinajstić information content (AvgIpc) is 3.19. The van der Waals surface area contributed by atoms with Crippen molar-refractivity contribution >= 4 is 33.3 Å². The molecule has 11 heteroatoms. The number of carbonyl (C=O) groups is 1. The van der Waals surface area contributed by atoms with Crippen molar-refractivity contribution in [1.29, 1.82) is 0 Å². The van der Waals surface area contributed by atoms with Crippen LogP contribution in [-0.4, -0.2) is 66.8 Å². The van der Waals surface area contributed by atoms with E-state index < -0.39 is 22.4 Å². The summed E-state index contributed by atoms with van der Waals surface area (Å²) >= 11 is 0. The van der Waals surface area contributed by atoms with Crippen LogP contribution in [0.1, 0.15) is 24.0 Å². The van der Waals surface area contributed by atoms with E-state index in [2.05, 4.69) is 27.0 Å². The van der Waals surface area contributed by atoms with Gasteiger partial charge in [-0.25, -0.2) is 13.2 Å². The number of rotatable bonds is 8. The van der Waals surface area contributed by atoms with Gasteiger partial charge < -0.3 is 19.7 Å². The number of nitrogens with zero attached hydrogens (tertiary/aromatic N) is 3. The number of fused-ring (bicyclic) bond motifs is 1. The molecule has 1 aliphatic heterocycles. The summed E-state index contributed by atoms with van der Waals surface area (Å²) in [7, 11) is -0.452. The average molecular weight is 537 g/mol. The number of carbonyl (C=O) groups excluding carboxylic acids is 1. The van der Waals surface area contributed by atoms with Crippen LogP contribution in [0, 0.1) is 0 Å². The Hall–Kier alpha value is -3.05. The second-order valence-electron chi connectivity index (χ2n) is 9.36. The molecule has 1 aromatic heterocycles. The molecule has 7 nitrogen and oxygen atoms in total. The van der Waals surface area contributed by atoms with Crippen LogP contribution in [0.4, 0.5) is 23.7 Å². The van der Waals surface area contributed by atoms with E-state index in [4.69, 9.17) is 0 Å². The molecule has 200 valence electrons. The Balaban J connectivity index is 1.48. The van der Waals surface area contributed by atoms with Crippen LogP contribution in [0.2, 0.25) is 0 Å². The predicted octanol–water partition coefficient (Wildman–Crippen LogP) is 4.35. The number of benzene rings is 2. The van der Waals surface area contributed by atoms with Gasteiger partial charge in [-0.05, 0) is 55.2 Å². The number of aryl methyl sites for hydroxylation is 1. The lowest BCUT2D eigenvalue weighted by atomic mass is 10.0. The molecule has 1 saturated heterocycles. The first-order valence-corrected chi connectivity index (χ1v) is 13.6. The van der Waals surface area contributed by atoms with Gasteiger partial charge in [0.25, 0.3) is 0 Å². The van der Waals surface area contributed by atoms with Crippen LogP contribution in [0.5, 0.6) is 0 Å². The molecule has 0 radical (unpaired) electrons. The molecular formula is C26H31F3N4O3S. The van der Waals surface area contributed by atoms with Gasteiger partial charge in [-0.1, -0.05) is 18.2 Å². The number of likely N-dealkylation sites (tertiary alicyclic amines) is 1. The van der Waals surface area contributed by atoms with Crippen molar-refractivity contribution in [3.05, 3.63) is 65.9 Å². The molecule has 0 atom stereocenters. The zero-order valence-electron chi connectivity index (χ0n) is 20.6. The number of hydrogen-bond donors (Lipinski definition) is 2. The van der Waals surface area contributed by atoms with Gasteiger partial charge in [0.2, 0.25) is 0 Å². The highest BCUT2D eigenvalue weighted by molar-refractivity contribution is 7.72. The highest BCUT2D eigenvalue weighted by atomic mass is 32.2. The summed E-state index contributed by atoms with van der Waals surface area (Å²) in [6.45, 7) is 2.26. The van der Waals surface area contributed by atoms with Crippen molar-refractivity contribution < 1.29 is 26.4 Å². The van der Waals surface area contributed by atoms with Gasteiger partial charge in [-0.15, -0.1) is 0 Å². The number of para-hydroxylation sites is 1. The second-order valence-corrected chi connectivity index (χ2v) is 10.5. The van der Waals surface area contributed by atoms with Gasteiger partial charge in [0.05, 0.1) is 11.3 Å². The van der Waals surface area contributed by atoms with E-state index in [1.165, 1.54) is 12.1 Å². The van der Waals surface area contributed by atoms with Gasteiger partial charge in [-0.2, -0.15) is 13.2 Å². The largest absolute Gasteiger partial charge is 0.416 e. The van der Waals surface area contributed by atoms with Crippen LogP contribution in [0.15, 0.2) is 54.7 Å². The number of aromatic nitrogens is 1. The molecule has 2 amide bonds. The fraction of sp³-hybridized carbons (Fsp3) is 0.423. The fourth-order valence-electron chi connectivity index (χ4n) is 4.93. The molecule has 0 bridgehead atoms. The lowest BCUT2D eigenvalue weighted by Crippen LogP contribution is -2.50. The van der Waals surface area contributed by atoms with Crippen molar-refractivity contribution in [2.45, 2.75) is 31.5 Å². The normalized spacial score (nSPS) is 15.4. The van der Waals surface area contributed by atoms with Gasteiger partial charge in [0.1, 0.15) is 10.7 Å². The standard InChI is InChI=1S/C26H31F3N4O3S/c1-31-18-19(23-4-2-3-5-24(23)31)10-15-33(22-11-13-32(14-12-22)16-17-37(35)36)25(34)30-21-8-6-20(7-9-21)26(27,28)29/h2-9,18,22,37H,10-17H2,1H3,(H,30,34). The molecule has 3 aromatic rings. The van der Waals surface area contributed by atoms with Crippen LogP contribution in [0.25, 0.3) is 10.9 Å². The number of urea groups is 1. The van der Waals surface area contributed by atoms with Crippen molar-refractivity contribution in [2.24, 2.45) is 7.05 Å². The van der Waals surface area contributed by atoms with Crippen molar-refractivity contribution in [3.63, 3.8) is 0 Å². The summed E-state index contributed by atoms with van der Waals surface area (Å²) in [6.07, 6.45) is -0.389. The molecule has 2 aromatic carbocycles. The number of hydrogen-bond acceptors (Lipinski definition) is 4. The SMILES string of the molecule is Cn1cc(CCN(C(=O)Nc2ccc(C(F)(F)F)cc2)C2CCN(CC[SH](=O)=O)CC2)c2ccccc21. The molecule has 37 heavy (non-hydrogen) atoms. The van der Waals surface area contributed by atoms with E-state index in [0.29, 0.717) is 51.1 Å². The summed E-state index contributed by atoms with van der Waals surface area (Å²) in [5.74, 6) is 0.110. The molecule has 0 unspecified atom stereocenters. The van der Waals surface area contributed by atoms with Crippen LogP contribution < -0.4 is 5.32 Å². The van der Waals surface area contributed by atoms with Crippen LogP contribution in [-0.2, 0) is 30.3 Å². The third-order valence-electron chi connectivity index (χ3n) is 6.92. The molecule has 1 N–H and O–H groups in total. The first-order chi connectivity index (χ1) is 17.6. The lowest BCUT2D eigenvalue weighted by molar-refractivity contribution is -0.137. The fourth-order valence-corrected chi connectivity index (χ4v) is 5.38.